The van der Waals surface area contributed by atoms with Gasteiger partial charge in [-0.2, -0.15) is 18.3 Å². The molecule has 1 heterocycles. The van der Waals surface area contributed by atoms with Gasteiger partial charge in [0.1, 0.15) is 12.8 Å². The summed E-state index contributed by atoms with van der Waals surface area (Å²) in [6, 6.07) is 12.8. The van der Waals surface area contributed by atoms with E-state index >= 15 is 0 Å². The van der Waals surface area contributed by atoms with E-state index in [2.05, 4.69) is 5.10 Å². The Balaban J connectivity index is 2.20. The van der Waals surface area contributed by atoms with E-state index < -0.39 is 29.5 Å². The summed E-state index contributed by atoms with van der Waals surface area (Å²) in [5, 5.41) is 4.13. The monoisotopic (exact) mass is 426 g/mol. The summed E-state index contributed by atoms with van der Waals surface area (Å²) < 4.78 is 50.4. The van der Waals surface area contributed by atoms with Crippen molar-refractivity contribution in [1.29, 1.82) is 0 Å². The maximum atomic E-state index is 12.8. The molecule has 0 radical (unpaired) electrons. The zero-order chi connectivity index (χ0) is 20.5. The predicted molar refractivity (Wildman–Crippen MR) is 103 cm³/mol. The van der Waals surface area contributed by atoms with Crippen LogP contribution in [0.25, 0.3) is 22.3 Å². The normalized spacial score (nSPS) is 12.8. The van der Waals surface area contributed by atoms with Crippen molar-refractivity contribution < 1.29 is 17.7 Å². The first kappa shape index (κ1) is 20.4. The largest absolute Gasteiger partial charge is 0.612 e. The molecular weight excluding hydrogens is 413 g/mol. The summed E-state index contributed by atoms with van der Waals surface area (Å²) in [4.78, 5) is 13.4. The molecule has 9 heteroatoms. The van der Waals surface area contributed by atoms with Crippen LogP contribution in [-0.2, 0) is 17.7 Å². The van der Waals surface area contributed by atoms with Crippen molar-refractivity contribution in [3.8, 4) is 22.3 Å². The molecular formula is C19H14ClF3N2O2S. The van der Waals surface area contributed by atoms with Crippen LogP contribution in [-0.4, -0.2) is 26.8 Å². The Labute approximate surface area is 166 Å². The van der Waals surface area contributed by atoms with E-state index in [1.54, 1.807) is 48.5 Å². The first-order valence-electron chi connectivity index (χ1n) is 8.02. The average molecular weight is 427 g/mol. The third-order valence-electron chi connectivity index (χ3n) is 4.00. The molecule has 0 bridgehead atoms. The number of aromatic nitrogens is 2. The minimum atomic E-state index is -4.58. The summed E-state index contributed by atoms with van der Waals surface area (Å²) in [7, 11) is 0. The molecule has 4 nitrogen and oxygen atoms in total. The van der Waals surface area contributed by atoms with Gasteiger partial charge in [0, 0.05) is 10.6 Å². The molecule has 1 unspecified atom stereocenters. The number of alkyl halides is 3. The molecule has 0 aliphatic rings. The van der Waals surface area contributed by atoms with Gasteiger partial charge in [-0.1, -0.05) is 23.7 Å². The summed E-state index contributed by atoms with van der Waals surface area (Å²) in [6.45, 7) is -1.49. The Morgan fingerprint density at radius 2 is 1.64 bits per heavy atom. The lowest BCUT2D eigenvalue weighted by molar-refractivity contribution is -0.143. The molecule has 2 aromatic carbocycles. The summed E-state index contributed by atoms with van der Waals surface area (Å²) in [5.41, 5.74) is 0.592. The third-order valence-corrected chi connectivity index (χ3v) is 5.19. The van der Waals surface area contributed by atoms with Crippen LogP contribution in [0.1, 0.15) is 0 Å². The third kappa shape index (κ3) is 4.57. The molecule has 0 saturated carbocycles. The molecule has 0 aliphatic carbocycles. The molecule has 0 spiro atoms. The molecule has 28 heavy (non-hydrogen) atoms. The van der Waals surface area contributed by atoms with Gasteiger partial charge in [0.05, 0.1) is 11.8 Å². The fraction of sp³-hybridized carbons (Fsp3) is 0.158. The van der Waals surface area contributed by atoms with Gasteiger partial charge in [0.2, 0.25) is 0 Å². The van der Waals surface area contributed by atoms with Crippen LogP contribution in [0.5, 0.6) is 0 Å². The molecule has 0 aliphatic heterocycles. The van der Waals surface area contributed by atoms with Gasteiger partial charge in [-0.3, -0.25) is 4.79 Å². The Morgan fingerprint density at radius 1 is 1.07 bits per heavy atom. The zero-order valence-corrected chi connectivity index (χ0v) is 16.1. The second-order valence-corrected chi connectivity index (χ2v) is 7.81. The fourth-order valence-electron chi connectivity index (χ4n) is 2.71. The van der Waals surface area contributed by atoms with Gasteiger partial charge in [-0.15, -0.1) is 0 Å². The van der Waals surface area contributed by atoms with Crippen molar-refractivity contribution in [3.05, 3.63) is 70.1 Å². The molecule has 3 aromatic rings. The average Bonchev–Trinajstić information content (AvgIpc) is 2.63. The first-order chi connectivity index (χ1) is 13.2. The van der Waals surface area contributed by atoms with E-state index in [4.69, 9.17) is 11.6 Å². The molecule has 0 N–H and O–H groups in total. The van der Waals surface area contributed by atoms with Crippen molar-refractivity contribution in [1.82, 2.24) is 9.78 Å². The maximum Gasteiger partial charge on any atom is 0.408 e. The van der Waals surface area contributed by atoms with Crippen molar-refractivity contribution in [2.45, 2.75) is 17.6 Å². The molecule has 0 fully saturated rings. The topological polar surface area (TPSA) is 58.0 Å². The lowest BCUT2D eigenvalue weighted by atomic mass is 9.97. The van der Waals surface area contributed by atoms with Gasteiger partial charge in [0.15, 0.2) is 4.90 Å². The fourth-order valence-corrected chi connectivity index (χ4v) is 3.36. The minimum Gasteiger partial charge on any atom is -0.612 e. The lowest BCUT2D eigenvalue weighted by Gasteiger charge is -2.14. The Hall–Kier alpha value is -2.29. The van der Waals surface area contributed by atoms with Crippen molar-refractivity contribution in [2.75, 3.05) is 6.26 Å². The highest BCUT2D eigenvalue weighted by Gasteiger charge is 2.30. The maximum absolute atomic E-state index is 12.8. The molecule has 3 rings (SSSR count). The van der Waals surface area contributed by atoms with E-state index in [1.165, 1.54) is 12.5 Å². The smallest absolute Gasteiger partial charge is 0.408 e. The molecule has 1 aromatic heterocycles. The number of nitrogens with zero attached hydrogens (tertiary/aromatic N) is 2. The number of hydrogen-bond acceptors (Lipinski definition) is 3. The first-order valence-corrected chi connectivity index (χ1v) is 9.96. The second kappa shape index (κ2) is 7.98. The summed E-state index contributed by atoms with van der Waals surface area (Å²) in [5.74, 6) is 0. The van der Waals surface area contributed by atoms with Crippen molar-refractivity contribution in [2.24, 2.45) is 0 Å². The van der Waals surface area contributed by atoms with Gasteiger partial charge in [-0.05, 0) is 58.7 Å². The predicted octanol–water partition coefficient (Wildman–Crippen LogP) is 4.53. The van der Waals surface area contributed by atoms with Crippen LogP contribution in [0.15, 0.2) is 64.4 Å². The van der Waals surface area contributed by atoms with Gasteiger partial charge >= 0.3 is 6.18 Å². The van der Waals surface area contributed by atoms with E-state index in [9.17, 15) is 22.5 Å². The Morgan fingerprint density at radius 3 is 2.18 bits per heavy atom. The number of halogens is 4. The van der Waals surface area contributed by atoms with E-state index in [1.807, 2.05) is 0 Å². The number of rotatable bonds is 4. The molecule has 0 amide bonds. The van der Waals surface area contributed by atoms with Gasteiger partial charge in [-0.25, -0.2) is 4.68 Å². The number of benzene rings is 2. The standard InChI is InChI=1S/C19H14ClF3N2O2S/c1-28(27)15-8-4-12(5-9-15)16-10-24-25(11-19(21,22)23)18(26)17(16)13-2-6-14(20)7-3-13/h2-10H,11H2,1H3. The molecule has 146 valence electrons. The van der Waals surface area contributed by atoms with Crippen LogP contribution in [0.4, 0.5) is 13.2 Å². The van der Waals surface area contributed by atoms with Crippen LogP contribution in [0.2, 0.25) is 5.02 Å². The lowest BCUT2D eigenvalue weighted by Crippen LogP contribution is -2.31. The van der Waals surface area contributed by atoms with E-state index in [-0.39, 0.29) is 5.56 Å². The summed E-state index contributed by atoms with van der Waals surface area (Å²) >= 11 is 4.71. The minimum absolute atomic E-state index is 0.0845. The van der Waals surface area contributed by atoms with E-state index in [0.717, 1.165) is 0 Å². The highest BCUT2D eigenvalue weighted by molar-refractivity contribution is 7.90. The Kier molecular flexibility index (Phi) is 5.83. The van der Waals surface area contributed by atoms with Crippen LogP contribution in [0, 0.1) is 0 Å². The summed E-state index contributed by atoms with van der Waals surface area (Å²) in [6.07, 6.45) is -1.81. The Bertz CT molecular complexity index is 1030. The zero-order valence-electron chi connectivity index (χ0n) is 14.5. The SMILES string of the molecule is C[S+]([O-])c1ccc(-c2cnn(CC(F)(F)F)c(=O)c2-c2ccc(Cl)cc2)cc1. The van der Waals surface area contributed by atoms with Gasteiger partial charge < -0.3 is 4.55 Å². The quantitative estimate of drug-likeness (QED) is 0.576. The van der Waals surface area contributed by atoms with Crippen LogP contribution >= 0.6 is 11.6 Å². The highest BCUT2D eigenvalue weighted by atomic mass is 35.5. The number of hydrogen-bond donors (Lipinski definition) is 0. The van der Waals surface area contributed by atoms with Crippen LogP contribution in [0.3, 0.4) is 0 Å². The molecule has 0 saturated heterocycles. The highest BCUT2D eigenvalue weighted by Crippen LogP contribution is 2.30. The van der Waals surface area contributed by atoms with Gasteiger partial charge in [0.25, 0.3) is 5.56 Å². The van der Waals surface area contributed by atoms with Crippen molar-refractivity contribution in [3.63, 3.8) is 0 Å². The second-order valence-electron chi connectivity index (χ2n) is 6.00. The van der Waals surface area contributed by atoms with Crippen molar-refractivity contribution >= 4 is 22.8 Å². The van der Waals surface area contributed by atoms with E-state index in [0.29, 0.717) is 31.3 Å². The molecule has 1 atom stereocenters. The van der Waals surface area contributed by atoms with Crippen LogP contribution < -0.4 is 5.56 Å².